The summed E-state index contributed by atoms with van der Waals surface area (Å²) >= 11 is 7.64. The van der Waals surface area contributed by atoms with Crippen molar-refractivity contribution in [2.75, 3.05) is 13.7 Å². The molecule has 184 valence electrons. The van der Waals surface area contributed by atoms with E-state index in [4.69, 9.17) is 25.8 Å². The summed E-state index contributed by atoms with van der Waals surface area (Å²) in [5.74, 6) is 0.735. The van der Waals surface area contributed by atoms with Gasteiger partial charge < -0.3 is 14.2 Å². The maximum atomic E-state index is 12.7. The lowest BCUT2D eigenvalue weighted by Gasteiger charge is -2.05. The highest BCUT2D eigenvalue weighted by Gasteiger charge is 2.19. The Bertz CT molecular complexity index is 1400. The van der Waals surface area contributed by atoms with Crippen molar-refractivity contribution in [3.63, 3.8) is 0 Å². The zero-order valence-corrected chi connectivity index (χ0v) is 21.2. The number of hydrazone groups is 1. The zero-order chi connectivity index (χ0) is 25.5. The third kappa shape index (κ3) is 6.21. The Kier molecular flexibility index (Phi) is 8.20. The molecule has 0 aliphatic heterocycles. The molecule has 0 unspecified atom stereocenters. The molecule has 1 amide bonds. The molecule has 7 nitrogen and oxygen atoms in total. The number of methoxy groups -OCH3 is 1. The van der Waals surface area contributed by atoms with E-state index in [1.54, 1.807) is 37.4 Å². The van der Waals surface area contributed by atoms with Gasteiger partial charge in [-0.25, -0.2) is 10.2 Å². The Morgan fingerprint density at radius 1 is 1.00 bits per heavy atom. The summed E-state index contributed by atoms with van der Waals surface area (Å²) < 4.78 is 17.0. The number of halogens is 1. The predicted molar refractivity (Wildman–Crippen MR) is 142 cm³/mol. The lowest BCUT2D eigenvalue weighted by atomic mass is 10.2. The summed E-state index contributed by atoms with van der Waals surface area (Å²) in [5, 5.41) is 5.05. The third-order valence-electron chi connectivity index (χ3n) is 5.22. The molecular weight excluding hydrogens is 500 g/mol. The summed E-state index contributed by atoms with van der Waals surface area (Å²) in [6.07, 6.45) is 2.42. The second-order valence-electron chi connectivity index (χ2n) is 7.65. The third-order valence-corrected chi connectivity index (χ3v) is 6.85. The lowest BCUT2D eigenvalue weighted by molar-refractivity contribution is -0.123. The van der Waals surface area contributed by atoms with Crippen LogP contribution < -0.4 is 19.6 Å². The quantitative estimate of drug-likeness (QED) is 0.128. The van der Waals surface area contributed by atoms with E-state index in [1.807, 2.05) is 36.4 Å². The van der Waals surface area contributed by atoms with Gasteiger partial charge in [0.25, 0.3) is 5.91 Å². The van der Waals surface area contributed by atoms with Crippen molar-refractivity contribution >= 4 is 51.1 Å². The second-order valence-corrected chi connectivity index (χ2v) is 9.08. The van der Waals surface area contributed by atoms with Crippen LogP contribution in [0.3, 0.4) is 0 Å². The fourth-order valence-corrected chi connectivity index (χ4v) is 4.67. The first-order valence-corrected chi connectivity index (χ1v) is 12.3. The van der Waals surface area contributed by atoms with E-state index in [-0.39, 0.29) is 12.5 Å². The lowest BCUT2D eigenvalue weighted by Crippen LogP contribution is -2.24. The topological polar surface area (TPSA) is 86.2 Å². The van der Waals surface area contributed by atoms with E-state index < -0.39 is 5.97 Å². The van der Waals surface area contributed by atoms with Crippen molar-refractivity contribution in [2.45, 2.75) is 13.3 Å². The van der Waals surface area contributed by atoms with Crippen LogP contribution in [-0.2, 0) is 11.2 Å². The average Bonchev–Trinajstić information content (AvgIpc) is 3.24. The first kappa shape index (κ1) is 25.2. The average molecular weight is 523 g/mol. The van der Waals surface area contributed by atoms with Crippen LogP contribution >= 0.6 is 22.9 Å². The highest BCUT2D eigenvalue weighted by molar-refractivity contribution is 7.21. The Morgan fingerprint density at radius 3 is 2.39 bits per heavy atom. The van der Waals surface area contributed by atoms with Gasteiger partial charge in [0, 0.05) is 10.1 Å². The molecule has 0 aliphatic rings. The monoisotopic (exact) mass is 522 g/mol. The molecule has 0 bridgehead atoms. The second kappa shape index (κ2) is 11.7. The van der Waals surface area contributed by atoms with Gasteiger partial charge >= 0.3 is 5.97 Å². The van der Waals surface area contributed by atoms with Crippen molar-refractivity contribution in [1.29, 1.82) is 0 Å². The number of benzene rings is 3. The maximum absolute atomic E-state index is 12.7. The van der Waals surface area contributed by atoms with Gasteiger partial charge in [-0.3, -0.25) is 4.79 Å². The van der Waals surface area contributed by atoms with Crippen molar-refractivity contribution in [3.8, 4) is 17.2 Å². The zero-order valence-electron chi connectivity index (χ0n) is 19.6. The molecule has 0 atom stereocenters. The fraction of sp³-hybridized carbons (Fsp3) is 0.148. The molecule has 0 spiro atoms. The van der Waals surface area contributed by atoms with Crippen LogP contribution in [0.2, 0.25) is 5.02 Å². The molecule has 1 heterocycles. The van der Waals surface area contributed by atoms with E-state index in [1.165, 1.54) is 23.1 Å². The summed E-state index contributed by atoms with van der Waals surface area (Å²) in [6, 6.07) is 19.7. The number of carbonyl (C=O) groups excluding carboxylic acids is 2. The van der Waals surface area contributed by atoms with Crippen LogP contribution in [0.1, 0.15) is 27.7 Å². The van der Waals surface area contributed by atoms with Gasteiger partial charge in [-0.15, -0.1) is 11.3 Å². The van der Waals surface area contributed by atoms with Crippen molar-refractivity contribution in [3.05, 3.63) is 87.8 Å². The summed E-state index contributed by atoms with van der Waals surface area (Å²) in [7, 11) is 1.58. The van der Waals surface area contributed by atoms with Crippen LogP contribution in [0.4, 0.5) is 0 Å². The van der Waals surface area contributed by atoms with Crippen molar-refractivity contribution in [2.24, 2.45) is 5.10 Å². The van der Waals surface area contributed by atoms with Crippen LogP contribution in [0, 0.1) is 0 Å². The molecule has 1 N–H and O–H groups in total. The van der Waals surface area contributed by atoms with E-state index in [0.717, 1.165) is 16.5 Å². The van der Waals surface area contributed by atoms with Crippen LogP contribution in [0.25, 0.3) is 10.1 Å². The summed E-state index contributed by atoms with van der Waals surface area (Å²) in [4.78, 5) is 24.9. The number of fused-ring (bicyclic) bond motifs is 1. The minimum absolute atomic E-state index is 0.148. The smallest absolute Gasteiger partial charge is 0.355 e. The molecule has 4 rings (SSSR count). The largest absolute Gasteiger partial charge is 0.497 e. The number of nitrogens with zero attached hydrogens (tertiary/aromatic N) is 1. The molecule has 0 fully saturated rings. The molecular formula is C27H23ClN2O5S. The van der Waals surface area contributed by atoms with E-state index in [9.17, 15) is 9.59 Å². The molecule has 3 aromatic carbocycles. The number of aryl methyl sites for hydroxylation is 1. The highest BCUT2D eigenvalue weighted by Crippen LogP contribution is 2.37. The Morgan fingerprint density at radius 2 is 1.69 bits per heavy atom. The summed E-state index contributed by atoms with van der Waals surface area (Å²) in [5.41, 5.74) is 4.32. The number of rotatable bonds is 9. The number of ether oxygens (including phenoxy) is 3. The minimum Gasteiger partial charge on any atom is -0.497 e. The molecule has 0 saturated heterocycles. The number of hydrogen-bond donors (Lipinski definition) is 1. The molecule has 4 aromatic rings. The predicted octanol–water partition coefficient (Wildman–Crippen LogP) is 5.87. The van der Waals surface area contributed by atoms with Gasteiger partial charge in [-0.2, -0.15) is 5.10 Å². The maximum Gasteiger partial charge on any atom is 0.355 e. The molecule has 0 saturated carbocycles. The van der Waals surface area contributed by atoms with Gasteiger partial charge in [-0.05, 0) is 72.1 Å². The van der Waals surface area contributed by atoms with E-state index in [2.05, 4.69) is 17.5 Å². The van der Waals surface area contributed by atoms with E-state index >= 15 is 0 Å². The molecule has 9 heteroatoms. The van der Waals surface area contributed by atoms with E-state index in [0.29, 0.717) is 32.7 Å². The number of amides is 1. The molecule has 0 radical (unpaired) electrons. The van der Waals surface area contributed by atoms with Crippen molar-refractivity contribution < 1.29 is 23.8 Å². The Balaban J connectivity index is 1.29. The van der Waals surface area contributed by atoms with Crippen LogP contribution in [0.15, 0.2) is 71.8 Å². The van der Waals surface area contributed by atoms with Gasteiger partial charge in [0.2, 0.25) is 0 Å². The summed E-state index contributed by atoms with van der Waals surface area (Å²) in [6.45, 7) is 1.92. The van der Waals surface area contributed by atoms with Gasteiger partial charge in [-0.1, -0.05) is 30.7 Å². The van der Waals surface area contributed by atoms with Crippen LogP contribution in [0.5, 0.6) is 17.2 Å². The number of nitrogens with one attached hydrogen (secondary N) is 1. The van der Waals surface area contributed by atoms with Crippen LogP contribution in [-0.4, -0.2) is 31.8 Å². The Hall–Kier alpha value is -3.88. The molecule has 36 heavy (non-hydrogen) atoms. The standard InChI is InChI=1S/C27H23ClN2O5S/c1-3-17-4-8-19(9-5-17)34-16-24(31)30-29-15-18-6-10-20(11-7-18)35-27(32)26-25(28)22-13-12-21(33-2)14-23(22)36-26/h4-15H,3,16H2,1-2H3,(H,30,31). The normalized spacial score (nSPS) is 11.0. The molecule has 1 aromatic heterocycles. The highest BCUT2D eigenvalue weighted by atomic mass is 35.5. The Labute approximate surface area is 217 Å². The van der Waals surface area contributed by atoms with Gasteiger partial charge in [0.15, 0.2) is 6.61 Å². The first-order valence-electron chi connectivity index (χ1n) is 11.1. The first-order chi connectivity index (χ1) is 17.5. The molecule has 0 aliphatic carbocycles. The van der Waals surface area contributed by atoms with Gasteiger partial charge in [0.05, 0.1) is 18.3 Å². The number of carbonyl (C=O) groups is 2. The van der Waals surface area contributed by atoms with Gasteiger partial charge in [0.1, 0.15) is 22.1 Å². The number of esters is 1. The fourth-order valence-electron chi connectivity index (χ4n) is 3.26. The number of thiophene rings is 1. The SMILES string of the molecule is CCc1ccc(OCC(=O)NN=Cc2ccc(OC(=O)c3sc4cc(OC)ccc4c3Cl)cc2)cc1. The minimum atomic E-state index is -0.543. The van der Waals surface area contributed by atoms with Crippen molar-refractivity contribution in [1.82, 2.24) is 5.43 Å². The number of hydrogen-bond acceptors (Lipinski definition) is 7.